The van der Waals surface area contributed by atoms with Gasteiger partial charge in [0.2, 0.25) is 5.91 Å². The van der Waals surface area contributed by atoms with Crippen molar-refractivity contribution in [2.24, 2.45) is 0 Å². The molecule has 1 aliphatic heterocycles. The van der Waals surface area contributed by atoms with Crippen LogP contribution in [0.2, 0.25) is 0 Å². The molecule has 0 bridgehead atoms. The van der Waals surface area contributed by atoms with E-state index in [0.717, 1.165) is 11.4 Å². The van der Waals surface area contributed by atoms with E-state index in [9.17, 15) is 9.59 Å². The molecule has 2 rings (SSSR count). The number of carbonyl (C=O) groups is 2. The molecule has 0 fully saturated rings. The topological polar surface area (TPSA) is 58.6 Å². The second kappa shape index (κ2) is 6.16. The number of benzene rings is 1. The average molecular weight is 290 g/mol. The zero-order chi connectivity index (χ0) is 15.5. The molecule has 1 N–H and O–H groups in total. The maximum absolute atomic E-state index is 12.0. The summed E-state index contributed by atoms with van der Waals surface area (Å²) in [6.07, 6.45) is 1.03. The first kappa shape index (κ1) is 15.4. The summed E-state index contributed by atoms with van der Waals surface area (Å²) in [4.78, 5) is 25.4. The number of hydrogen-bond donors (Lipinski definition) is 1. The number of anilines is 1. The summed E-state index contributed by atoms with van der Waals surface area (Å²) < 4.78 is 5.39. The Labute approximate surface area is 125 Å². The predicted molar refractivity (Wildman–Crippen MR) is 81.4 cm³/mol. The minimum atomic E-state index is -0.224. The average Bonchev–Trinajstić information content (AvgIpc) is 2.39. The van der Waals surface area contributed by atoms with Gasteiger partial charge in [0.15, 0.2) is 6.61 Å². The van der Waals surface area contributed by atoms with E-state index in [4.69, 9.17) is 4.74 Å². The standard InChI is InChI=1S/C16H22N2O3/c1-16(2,3)17-14(19)9-6-10-18-12-7-4-5-8-13(12)21-11-15(18)20/h4-5,7-8H,6,9-11H2,1-3H3,(H,17,19). The predicted octanol–water partition coefficient (Wildman–Crippen LogP) is 2.11. The maximum Gasteiger partial charge on any atom is 0.265 e. The van der Waals surface area contributed by atoms with Gasteiger partial charge in [0.1, 0.15) is 5.75 Å². The minimum Gasteiger partial charge on any atom is -0.482 e. The van der Waals surface area contributed by atoms with Gasteiger partial charge in [-0.3, -0.25) is 9.59 Å². The van der Waals surface area contributed by atoms with Gasteiger partial charge < -0.3 is 15.0 Å². The summed E-state index contributed by atoms with van der Waals surface area (Å²) >= 11 is 0. The van der Waals surface area contributed by atoms with Gasteiger partial charge >= 0.3 is 0 Å². The van der Waals surface area contributed by atoms with Crippen molar-refractivity contribution in [3.8, 4) is 5.75 Å². The first-order chi connectivity index (χ1) is 9.87. The Morgan fingerprint density at radius 2 is 2.05 bits per heavy atom. The SMILES string of the molecule is CC(C)(C)NC(=O)CCCN1C(=O)COc2ccccc21. The van der Waals surface area contributed by atoms with Gasteiger partial charge in [0, 0.05) is 18.5 Å². The highest BCUT2D eigenvalue weighted by Gasteiger charge is 2.24. The highest BCUT2D eigenvalue weighted by atomic mass is 16.5. The Morgan fingerprint density at radius 3 is 2.76 bits per heavy atom. The lowest BCUT2D eigenvalue weighted by Crippen LogP contribution is -2.42. The number of nitrogens with one attached hydrogen (secondary N) is 1. The first-order valence-corrected chi connectivity index (χ1v) is 7.20. The summed E-state index contributed by atoms with van der Waals surface area (Å²) in [5.74, 6) is 0.665. The van der Waals surface area contributed by atoms with Gasteiger partial charge in [0.05, 0.1) is 5.69 Å². The fourth-order valence-corrected chi connectivity index (χ4v) is 2.28. The fourth-order valence-electron chi connectivity index (χ4n) is 2.28. The Hall–Kier alpha value is -2.04. The zero-order valence-electron chi connectivity index (χ0n) is 12.8. The number of para-hydroxylation sites is 2. The lowest BCUT2D eigenvalue weighted by molar-refractivity contribution is -0.123. The number of nitrogens with zero attached hydrogens (tertiary/aromatic N) is 1. The van der Waals surface area contributed by atoms with Gasteiger partial charge in [0.25, 0.3) is 5.91 Å². The van der Waals surface area contributed by atoms with Gasteiger partial charge in [-0.15, -0.1) is 0 Å². The number of amides is 2. The fraction of sp³-hybridized carbons (Fsp3) is 0.500. The molecular weight excluding hydrogens is 268 g/mol. The van der Waals surface area contributed by atoms with Crippen molar-refractivity contribution in [3.63, 3.8) is 0 Å². The number of carbonyl (C=O) groups excluding carboxylic acids is 2. The van der Waals surface area contributed by atoms with Crippen LogP contribution in [0.15, 0.2) is 24.3 Å². The number of rotatable bonds is 4. The number of ether oxygens (including phenoxy) is 1. The van der Waals surface area contributed by atoms with Crippen LogP contribution >= 0.6 is 0 Å². The van der Waals surface area contributed by atoms with Crippen LogP contribution in [0.3, 0.4) is 0 Å². The van der Waals surface area contributed by atoms with Crippen LogP contribution in [0.1, 0.15) is 33.6 Å². The quantitative estimate of drug-likeness (QED) is 0.924. The third-order valence-electron chi connectivity index (χ3n) is 3.11. The van der Waals surface area contributed by atoms with Crippen LogP contribution in [0.5, 0.6) is 5.75 Å². The zero-order valence-corrected chi connectivity index (χ0v) is 12.8. The van der Waals surface area contributed by atoms with Crippen LogP contribution in [0.4, 0.5) is 5.69 Å². The monoisotopic (exact) mass is 290 g/mol. The smallest absolute Gasteiger partial charge is 0.265 e. The van der Waals surface area contributed by atoms with Crippen molar-refractivity contribution in [2.75, 3.05) is 18.1 Å². The Kier molecular flexibility index (Phi) is 4.50. The van der Waals surface area contributed by atoms with Gasteiger partial charge in [-0.2, -0.15) is 0 Å². The van der Waals surface area contributed by atoms with E-state index >= 15 is 0 Å². The highest BCUT2D eigenvalue weighted by molar-refractivity contribution is 5.97. The lowest BCUT2D eigenvalue weighted by atomic mass is 10.1. The second-order valence-electron chi connectivity index (χ2n) is 6.20. The van der Waals surface area contributed by atoms with Crippen molar-refractivity contribution in [2.45, 2.75) is 39.2 Å². The Balaban J connectivity index is 1.91. The molecule has 1 aliphatic rings. The molecule has 0 saturated carbocycles. The van der Waals surface area contributed by atoms with Crippen LogP contribution < -0.4 is 15.0 Å². The molecule has 0 radical (unpaired) electrons. The summed E-state index contributed by atoms with van der Waals surface area (Å²) in [5, 5.41) is 2.92. The summed E-state index contributed by atoms with van der Waals surface area (Å²) in [5.41, 5.74) is 0.559. The van der Waals surface area contributed by atoms with E-state index in [-0.39, 0.29) is 24.0 Å². The largest absolute Gasteiger partial charge is 0.482 e. The summed E-state index contributed by atoms with van der Waals surface area (Å²) in [6, 6.07) is 7.46. The Bertz CT molecular complexity index is 535. The van der Waals surface area contributed by atoms with E-state index in [1.54, 1.807) is 4.90 Å². The van der Waals surface area contributed by atoms with Crippen LogP contribution in [0, 0.1) is 0 Å². The van der Waals surface area contributed by atoms with Gasteiger partial charge in [-0.1, -0.05) is 12.1 Å². The second-order valence-corrected chi connectivity index (χ2v) is 6.20. The summed E-state index contributed by atoms with van der Waals surface area (Å²) in [6.45, 7) is 6.44. The van der Waals surface area contributed by atoms with Crippen LogP contribution in [0.25, 0.3) is 0 Å². The molecule has 0 saturated heterocycles. The molecule has 2 amide bonds. The van der Waals surface area contributed by atoms with E-state index < -0.39 is 0 Å². The molecule has 0 spiro atoms. The summed E-state index contributed by atoms with van der Waals surface area (Å²) in [7, 11) is 0. The molecule has 5 heteroatoms. The molecule has 1 aromatic rings. The molecule has 0 atom stereocenters. The number of fused-ring (bicyclic) bond motifs is 1. The van der Waals surface area contributed by atoms with E-state index in [0.29, 0.717) is 19.4 Å². The van der Waals surface area contributed by atoms with Crippen molar-refractivity contribution in [3.05, 3.63) is 24.3 Å². The normalized spacial score (nSPS) is 14.4. The van der Waals surface area contributed by atoms with Crippen LogP contribution in [-0.2, 0) is 9.59 Å². The lowest BCUT2D eigenvalue weighted by Gasteiger charge is -2.29. The number of hydrogen-bond acceptors (Lipinski definition) is 3. The van der Waals surface area contributed by atoms with Crippen LogP contribution in [-0.4, -0.2) is 30.5 Å². The molecule has 0 unspecified atom stereocenters. The van der Waals surface area contributed by atoms with Crippen molar-refractivity contribution in [1.29, 1.82) is 0 Å². The van der Waals surface area contributed by atoms with Crippen molar-refractivity contribution in [1.82, 2.24) is 5.32 Å². The van der Waals surface area contributed by atoms with Crippen molar-refractivity contribution >= 4 is 17.5 Å². The first-order valence-electron chi connectivity index (χ1n) is 7.20. The highest BCUT2D eigenvalue weighted by Crippen LogP contribution is 2.31. The Morgan fingerprint density at radius 1 is 1.33 bits per heavy atom. The molecule has 1 aromatic carbocycles. The van der Waals surface area contributed by atoms with E-state index in [1.807, 2.05) is 45.0 Å². The van der Waals surface area contributed by atoms with Gasteiger partial charge in [-0.25, -0.2) is 0 Å². The third-order valence-corrected chi connectivity index (χ3v) is 3.11. The molecule has 5 nitrogen and oxygen atoms in total. The molecule has 0 aromatic heterocycles. The maximum atomic E-state index is 12.0. The molecular formula is C16H22N2O3. The minimum absolute atomic E-state index is 0.0106. The third kappa shape index (κ3) is 4.21. The van der Waals surface area contributed by atoms with Crippen molar-refractivity contribution < 1.29 is 14.3 Å². The molecule has 0 aliphatic carbocycles. The molecule has 114 valence electrons. The van der Waals surface area contributed by atoms with E-state index in [2.05, 4.69) is 5.32 Å². The van der Waals surface area contributed by atoms with Gasteiger partial charge in [-0.05, 0) is 39.3 Å². The molecule has 21 heavy (non-hydrogen) atoms. The van der Waals surface area contributed by atoms with E-state index in [1.165, 1.54) is 0 Å². The molecule has 1 heterocycles.